The first kappa shape index (κ1) is 19.5. The maximum atomic E-state index is 13.1. The molecule has 1 fully saturated rings. The van der Waals surface area contributed by atoms with Crippen LogP contribution in [-0.4, -0.2) is 62.3 Å². The van der Waals surface area contributed by atoms with Gasteiger partial charge in [-0.25, -0.2) is 4.79 Å². The van der Waals surface area contributed by atoms with E-state index in [1.54, 1.807) is 0 Å². The highest BCUT2D eigenvalue weighted by Crippen LogP contribution is 2.34. The summed E-state index contributed by atoms with van der Waals surface area (Å²) in [4.78, 5) is 16.0. The van der Waals surface area contributed by atoms with Crippen LogP contribution in [0.2, 0.25) is 0 Å². The van der Waals surface area contributed by atoms with Gasteiger partial charge in [-0.2, -0.15) is 13.2 Å². The van der Waals surface area contributed by atoms with Gasteiger partial charge in [-0.1, -0.05) is 12.1 Å². The molecule has 0 unspecified atom stereocenters. The smallest absolute Gasteiger partial charge is 0.376 e. The average molecular weight is 359 g/mol. The lowest BCUT2D eigenvalue weighted by Gasteiger charge is -2.27. The van der Waals surface area contributed by atoms with Crippen LogP contribution in [0.25, 0.3) is 0 Å². The number of ether oxygens (including phenoxy) is 1. The third-order valence-electron chi connectivity index (χ3n) is 4.03. The van der Waals surface area contributed by atoms with Gasteiger partial charge in [0.25, 0.3) is 0 Å². The third-order valence-corrected chi connectivity index (χ3v) is 4.03. The fourth-order valence-electron chi connectivity index (χ4n) is 2.66. The van der Waals surface area contributed by atoms with E-state index in [9.17, 15) is 18.0 Å². The minimum absolute atomic E-state index is 0.0641. The molecule has 0 spiro atoms. The van der Waals surface area contributed by atoms with Gasteiger partial charge >= 0.3 is 12.2 Å². The van der Waals surface area contributed by atoms with E-state index in [-0.39, 0.29) is 11.8 Å². The molecule has 2 rings (SSSR count). The van der Waals surface area contributed by atoms with E-state index in [1.807, 2.05) is 19.0 Å². The Hall–Kier alpha value is -1.80. The summed E-state index contributed by atoms with van der Waals surface area (Å²) in [6.07, 6.45) is -2.80. The second kappa shape index (κ2) is 8.53. The van der Waals surface area contributed by atoms with Crippen molar-refractivity contribution in [3.8, 4) is 0 Å². The lowest BCUT2D eigenvalue weighted by Crippen LogP contribution is -2.43. The van der Waals surface area contributed by atoms with E-state index in [2.05, 4.69) is 5.32 Å². The molecule has 1 atom stereocenters. The van der Waals surface area contributed by atoms with E-state index in [0.29, 0.717) is 26.2 Å². The van der Waals surface area contributed by atoms with Gasteiger partial charge in [-0.3, -0.25) is 0 Å². The lowest BCUT2D eigenvalue weighted by molar-refractivity contribution is -0.136. The zero-order chi connectivity index (χ0) is 18.4. The van der Waals surface area contributed by atoms with E-state index < -0.39 is 17.8 Å². The van der Waals surface area contributed by atoms with E-state index in [0.717, 1.165) is 18.9 Å². The van der Waals surface area contributed by atoms with Crippen LogP contribution in [0.15, 0.2) is 24.3 Å². The summed E-state index contributed by atoms with van der Waals surface area (Å²) in [6, 6.07) is 4.44. The van der Waals surface area contributed by atoms with Gasteiger partial charge in [0.15, 0.2) is 0 Å². The Morgan fingerprint density at radius 3 is 2.60 bits per heavy atom. The van der Waals surface area contributed by atoms with Crippen LogP contribution < -0.4 is 5.32 Å². The highest BCUT2D eigenvalue weighted by molar-refractivity contribution is 5.90. The Morgan fingerprint density at radius 2 is 2.00 bits per heavy atom. The molecule has 1 aromatic rings. The minimum atomic E-state index is -4.52. The first-order valence-electron chi connectivity index (χ1n) is 8.26. The predicted octanol–water partition coefficient (Wildman–Crippen LogP) is 3.28. The van der Waals surface area contributed by atoms with E-state index in [4.69, 9.17) is 4.74 Å². The number of nitrogens with one attached hydrogen (secondary N) is 1. The molecule has 1 N–H and O–H groups in total. The van der Waals surface area contributed by atoms with Crippen LogP contribution in [-0.2, 0) is 10.9 Å². The maximum Gasteiger partial charge on any atom is 0.418 e. The van der Waals surface area contributed by atoms with Crippen molar-refractivity contribution in [3.05, 3.63) is 29.8 Å². The monoisotopic (exact) mass is 359 g/mol. The van der Waals surface area contributed by atoms with Gasteiger partial charge in [0.2, 0.25) is 0 Å². The minimum Gasteiger partial charge on any atom is -0.376 e. The van der Waals surface area contributed by atoms with Crippen molar-refractivity contribution in [2.24, 2.45) is 0 Å². The number of anilines is 1. The highest BCUT2D eigenvalue weighted by Gasteiger charge is 2.34. The zero-order valence-electron chi connectivity index (χ0n) is 14.5. The molecule has 0 saturated carbocycles. The maximum absolute atomic E-state index is 13.1. The summed E-state index contributed by atoms with van der Waals surface area (Å²) >= 11 is 0. The molecule has 25 heavy (non-hydrogen) atoms. The Bertz CT molecular complexity index is 573. The fourth-order valence-corrected chi connectivity index (χ4v) is 2.66. The molecule has 1 aliphatic heterocycles. The Balaban J connectivity index is 2.10. The average Bonchev–Trinajstić information content (AvgIpc) is 3.03. The molecule has 140 valence electrons. The molecule has 0 aliphatic carbocycles. The van der Waals surface area contributed by atoms with E-state index >= 15 is 0 Å². The van der Waals surface area contributed by atoms with Crippen LogP contribution in [0.3, 0.4) is 0 Å². The molecule has 0 radical (unpaired) electrons. The molecular formula is C17H24F3N3O2. The number of urea groups is 1. The van der Waals surface area contributed by atoms with Crippen LogP contribution >= 0.6 is 0 Å². The summed E-state index contributed by atoms with van der Waals surface area (Å²) in [5.41, 5.74) is -1.09. The number of likely N-dealkylation sites (N-methyl/N-ethyl adjacent to an activating group) is 1. The normalized spacial score (nSPS) is 17.8. The first-order chi connectivity index (χ1) is 11.8. The number of carbonyl (C=O) groups is 1. The van der Waals surface area contributed by atoms with Crippen molar-refractivity contribution in [2.75, 3.05) is 45.7 Å². The number of para-hydroxylation sites is 1. The van der Waals surface area contributed by atoms with Gasteiger partial charge in [-0.05, 0) is 39.1 Å². The number of benzene rings is 1. The molecule has 0 aromatic heterocycles. The summed E-state index contributed by atoms with van der Waals surface area (Å²) in [5.74, 6) is 0. The lowest BCUT2D eigenvalue weighted by atomic mass is 10.1. The van der Waals surface area contributed by atoms with Crippen LogP contribution in [0.1, 0.15) is 18.4 Å². The number of amides is 2. The van der Waals surface area contributed by atoms with Gasteiger partial charge in [0.1, 0.15) is 0 Å². The van der Waals surface area contributed by atoms with Crippen LogP contribution in [0, 0.1) is 0 Å². The quantitative estimate of drug-likeness (QED) is 0.848. The zero-order valence-corrected chi connectivity index (χ0v) is 14.5. The second-order valence-electron chi connectivity index (χ2n) is 6.36. The van der Waals surface area contributed by atoms with Gasteiger partial charge in [0.05, 0.1) is 17.4 Å². The molecule has 0 bridgehead atoms. The van der Waals surface area contributed by atoms with Crippen molar-refractivity contribution < 1.29 is 22.7 Å². The second-order valence-corrected chi connectivity index (χ2v) is 6.36. The first-order valence-corrected chi connectivity index (χ1v) is 8.26. The summed E-state index contributed by atoms with van der Waals surface area (Å²) in [7, 11) is 3.75. The number of nitrogens with zero attached hydrogens (tertiary/aromatic N) is 2. The number of hydrogen-bond donors (Lipinski definition) is 1. The molecule has 1 saturated heterocycles. The predicted molar refractivity (Wildman–Crippen MR) is 89.6 cm³/mol. The molecule has 1 aromatic carbocycles. The standard InChI is InChI=1S/C17H24F3N3O2/c1-22(2)9-10-23(12-13-6-5-11-25-13)16(24)21-15-8-4-3-7-14(15)17(18,19)20/h3-4,7-8,13H,5-6,9-12H2,1-2H3,(H,21,24)/t13-/m1/s1. The Morgan fingerprint density at radius 1 is 1.28 bits per heavy atom. The summed E-state index contributed by atoms with van der Waals surface area (Å²) in [5, 5.41) is 2.41. The number of carbonyl (C=O) groups excluding carboxylic acids is 1. The Labute approximate surface area is 145 Å². The third kappa shape index (κ3) is 5.89. The van der Waals surface area contributed by atoms with Crippen LogP contribution in [0.5, 0.6) is 0 Å². The van der Waals surface area contributed by atoms with E-state index in [1.165, 1.54) is 23.1 Å². The molecule has 5 nitrogen and oxygen atoms in total. The summed E-state index contributed by atoms with van der Waals surface area (Å²) < 4.78 is 44.8. The van der Waals surface area contributed by atoms with Crippen molar-refractivity contribution in [1.82, 2.24) is 9.80 Å². The SMILES string of the molecule is CN(C)CCN(C[C@H]1CCCO1)C(=O)Nc1ccccc1C(F)(F)F. The molecule has 1 aliphatic rings. The topological polar surface area (TPSA) is 44.8 Å². The summed E-state index contributed by atoms with van der Waals surface area (Å²) in [6.45, 7) is 2.05. The molecule has 8 heteroatoms. The van der Waals surface area contributed by atoms with Crippen molar-refractivity contribution in [3.63, 3.8) is 0 Å². The number of rotatable bonds is 6. The molecule has 2 amide bonds. The van der Waals surface area contributed by atoms with Gasteiger partial charge in [0, 0.05) is 26.2 Å². The number of hydrogen-bond acceptors (Lipinski definition) is 3. The largest absolute Gasteiger partial charge is 0.418 e. The molecular weight excluding hydrogens is 335 g/mol. The highest BCUT2D eigenvalue weighted by atomic mass is 19.4. The van der Waals surface area contributed by atoms with Crippen LogP contribution in [0.4, 0.5) is 23.7 Å². The number of halogens is 3. The Kier molecular flexibility index (Phi) is 6.66. The van der Waals surface area contributed by atoms with Gasteiger partial charge < -0.3 is 19.9 Å². The fraction of sp³-hybridized carbons (Fsp3) is 0.588. The molecule has 1 heterocycles. The number of alkyl halides is 3. The van der Waals surface area contributed by atoms with Crippen molar-refractivity contribution in [2.45, 2.75) is 25.1 Å². The van der Waals surface area contributed by atoms with Gasteiger partial charge in [-0.15, -0.1) is 0 Å². The van der Waals surface area contributed by atoms with Crippen molar-refractivity contribution in [1.29, 1.82) is 0 Å². The van der Waals surface area contributed by atoms with Crippen molar-refractivity contribution >= 4 is 11.7 Å².